The Morgan fingerprint density at radius 3 is 1.21 bits per heavy atom. The van der Waals surface area contributed by atoms with Crippen LogP contribution in [0, 0.1) is 0 Å². The van der Waals surface area contributed by atoms with Crippen LogP contribution in [0.2, 0.25) is 0 Å². The lowest BCUT2D eigenvalue weighted by Crippen LogP contribution is -2.28. The van der Waals surface area contributed by atoms with Gasteiger partial charge in [-0.25, -0.2) is 0 Å². The van der Waals surface area contributed by atoms with Crippen molar-refractivity contribution in [2.45, 2.75) is 200 Å². The molecule has 0 rings (SSSR count). The first kappa shape index (κ1) is 49.3. The van der Waals surface area contributed by atoms with Crippen LogP contribution in [0.25, 0.3) is 0 Å². The minimum atomic E-state index is -0.803. The summed E-state index contributed by atoms with van der Waals surface area (Å²) < 4.78 is 10.6. The van der Waals surface area contributed by atoms with E-state index in [2.05, 4.69) is 74.6 Å². The molecule has 0 heterocycles. The number of unbranched alkanes of at least 4 members (excludes halogenated alkanes) is 18. The van der Waals surface area contributed by atoms with Gasteiger partial charge in [-0.2, -0.15) is 0 Å². The molecule has 0 aliphatic carbocycles. The first-order chi connectivity index (χ1) is 25.6. The quantitative estimate of drug-likeness (QED) is 0.0390. The number of hydrogen-bond acceptors (Lipinski definition) is 5. The van der Waals surface area contributed by atoms with Gasteiger partial charge in [-0.3, -0.25) is 9.59 Å². The molecule has 0 amide bonds. The first-order valence-electron chi connectivity index (χ1n) is 21.5. The van der Waals surface area contributed by atoms with E-state index in [-0.39, 0.29) is 31.6 Å². The van der Waals surface area contributed by atoms with Crippen molar-refractivity contribution < 1.29 is 24.2 Å². The summed E-state index contributed by atoms with van der Waals surface area (Å²) in [7, 11) is 0. The molecule has 0 aliphatic heterocycles. The van der Waals surface area contributed by atoms with Gasteiger partial charge in [-0.05, 0) is 51.4 Å². The monoisotopic (exact) mass is 725 g/mol. The highest BCUT2D eigenvalue weighted by Gasteiger charge is 2.15. The van der Waals surface area contributed by atoms with Gasteiger partial charge in [0.05, 0.1) is 6.61 Å². The lowest BCUT2D eigenvalue weighted by molar-refractivity contribution is -0.161. The number of rotatable bonds is 38. The maximum absolute atomic E-state index is 12.2. The van der Waals surface area contributed by atoms with Gasteiger partial charge in [-0.15, -0.1) is 0 Å². The zero-order valence-corrected chi connectivity index (χ0v) is 33.8. The van der Waals surface area contributed by atoms with Crippen molar-refractivity contribution in [3.8, 4) is 0 Å². The number of esters is 2. The maximum Gasteiger partial charge on any atom is 0.306 e. The fraction of sp³-hybridized carbons (Fsp3) is 0.702. The number of carbonyl (C=O) groups is 2. The Labute approximate surface area is 321 Å². The Kier molecular flexibility index (Phi) is 40.6. The SMILES string of the molecule is CC/C=C\C/C=C\C/C=C\C/C=C\C/C=C\C/C=C\CCC(=O)OC[C@H](CO)OC(=O)CCCCCCCCCCCCCCCCCCCCC. The Balaban J connectivity index is 3.65. The molecule has 0 aromatic rings. The van der Waals surface area contributed by atoms with Crippen molar-refractivity contribution in [1.29, 1.82) is 0 Å². The Hall–Kier alpha value is -2.66. The van der Waals surface area contributed by atoms with E-state index in [1.807, 2.05) is 12.2 Å². The molecular formula is C47H80O5. The lowest BCUT2D eigenvalue weighted by atomic mass is 10.0. The van der Waals surface area contributed by atoms with Gasteiger partial charge in [0.15, 0.2) is 6.10 Å². The molecule has 0 radical (unpaired) electrons. The van der Waals surface area contributed by atoms with Gasteiger partial charge in [0.1, 0.15) is 6.61 Å². The zero-order valence-electron chi connectivity index (χ0n) is 33.8. The van der Waals surface area contributed by atoms with Crippen molar-refractivity contribution >= 4 is 11.9 Å². The van der Waals surface area contributed by atoms with E-state index in [9.17, 15) is 14.7 Å². The third-order valence-electron chi connectivity index (χ3n) is 9.03. The van der Waals surface area contributed by atoms with E-state index in [4.69, 9.17) is 9.47 Å². The first-order valence-corrected chi connectivity index (χ1v) is 21.5. The van der Waals surface area contributed by atoms with Gasteiger partial charge in [-0.1, -0.05) is 202 Å². The summed E-state index contributed by atoms with van der Waals surface area (Å²) in [5.74, 6) is -0.687. The summed E-state index contributed by atoms with van der Waals surface area (Å²) in [5, 5.41) is 9.57. The summed E-state index contributed by atoms with van der Waals surface area (Å²) in [5.41, 5.74) is 0. The minimum absolute atomic E-state index is 0.107. The normalized spacial score (nSPS) is 12.9. The number of aliphatic hydroxyl groups excluding tert-OH is 1. The molecule has 1 atom stereocenters. The molecule has 0 unspecified atom stereocenters. The number of ether oxygens (including phenoxy) is 2. The van der Waals surface area contributed by atoms with Crippen LogP contribution in [0.1, 0.15) is 194 Å². The van der Waals surface area contributed by atoms with Crippen LogP contribution in [0.5, 0.6) is 0 Å². The average Bonchev–Trinajstić information content (AvgIpc) is 3.15. The highest BCUT2D eigenvalue weighted by molar-refractivity contribution is 5.70. The fourth-order valence-electron chi connectivity index (χ4n) is 5.82. The number of hydrogen-bond donors (Lipinski definition) is 1. The topological polar surface area (TPSA) is 72.8 Å². The molecule has 1 N–H and O–H groups in total. The molecule has 0 aliphatic rings. The van der Waals surface area contributed by atoms with Crippen molar-refractivity contribution in [3.63, 3.8) is 0 Å². The van der Waals surface area contributed by atoms with E-state index in [1.54, 1.807) is 0 Å². The highest BCUT2D eigenvalue weighted by Crippen LogP contribution is 2.15. The van der Waals surface area contributed by atoms with Gasteiger partial charge in [0.25, 0.3) is 0 Å². The summed E-state index contributed by atoms with van der Waals surface area (Å²) in [6.07, 6.45) is 57.0. The molecule has 0 fully saturated rings. The second-order valence-electron chi connectivity index (χ2n) is 14.0. The van der Waals surface area contributed by atoms with E-state index >= 15 is 0 Å². The van der Waals surface area contributed by atoms with Crippen LogP contribution in [-0.4, -0.2) is 36.4 Å². The lowest BCUT2D eigenvalue weighted by Gasteiger charge is -2.15. The van der Waals surface area contributed by atoms with E-state index in [0.29, 0.717) is 12.8 Å². The molecular weight excluding hydrogens is 645 g/mol. The highest BCUT2D eigenvalue weighted by atomic mass is 16.6. The van der Waals surface area contributed by atoms with Crippen LogP contribution in [-0.2, 0) is 19.1 Å². The summed E-state index contributed by atoms with van der Waals surface area (Å²) >= 11 is 0. The van der Waals surface area contributed by atoms with Crippen molar-refractivity contribution in [2.75, 3.05) is 13.2 Å². The average molecular weight is 725 g/mol. The van der Waals surface area contributed by atoms with Gasteiger partial charge < -0.3 is 14.6 Å². The smallest absolute Gasteiger partial charge is 0.306 e. The van der Waals surface area contributed by atoms with Gasteiger partial charge in [0.2, 0.25) is 0 Å². The third kappa shape index (κ3) is 40.1. The molecule has 0 bridgehead atoms. The maximum atomic E-state index is 12.2. The minimum Gasteiger partial charge on any atom is -0.462 e. The van der Waals surface area contributed by atoms with E-state index in [1.165, 1.54) is 103 Å². The van der Waals surface area contributed by atoms with Crippen LogP contribution in [0.15, 0.2) is 72.9 Å². The van der Waals surface area contributed by atoms with Crippen LogP contribution >= 0.6 is 0 Å². The fourth-order valence-corrected chi connectivity index (χ4v) is 5.82. The van der Waals surface area contributed by atoms with Crippen molar-refractivity contribution in [3.05, 3.63) is 72.9 Å². The second kappa shape index (κ2) is 42.8. The molecule has 5 heteroatoms. The van der Waals surface area contributed by atoms with Gasteiger partial charge >= 0.3 is 11.9 Å². The summed E-state index contributed by atoms with van der Waals surface area (Å²) in [4.78, 5) is 24.3. The number of carbonyl (C=O) groups excluding carboxylic acids is 2. The van der Waals surface area contributed by atoms with E-state index < -0.39 is 6.10 Å². The molecule has 5 nitrogen and oxygen atoms in total. The number of allylic oxidation sites excluding steroid dienone is 12. The molecule has 0 saturated carbocycles. The Morgan fingerprint density at radius 2 is 0.827 bits per heavy atom. The molecule has 0 aromatic heterocycles. The zero-order chi connectivity index (χ0) is 37.8. The predicted octanol–water partition coefficient (Wildman–Crippen LogP) is 13.7. The molecule has 52 heavy (non-hydrogen) atoms. The van der Waals surface area contributed by atoms with E-state index in [0.717, 1.165) is 57.8 Å². The molecule has 0 spiro atoms. The predicted molar refractivity (Wildman–Crippen MR) is 223 cm³/mol. The van der Waals surface area contributed by atoms with Crippen LogP contribution in [0.4, 0.5) is 0 Å². The number of aliphatic hydroxyl groups is 1. The molecule has 298 valence electrons. The summed E-state index contributed by atoms with van der Waals surface area (Å²) in [6.45, 7) is 3.97. The Morgan fingerprint density at radius 1 is 0.462 bits per heavy atom. The van der Waals surface area contributed by atoms with Crippen LogP contribution in [0.3, 0.4) is 0 Å². The van der Waals surface area contributed by atoms with Gasteiger partial charge in [0, 0.05) is 12.8 Å². The summed E-state index contributed by atoms with van der Waals surface area (Å²) in [6, 6.07) is 0. The third-order valence-corrected chi connectivity index (χ3v) is 9.03. The van der Waals surface area contributed by atoms with Crippen LogP contribution < -0.4 is 0 Å². The molecule has 0 saturated heterocycles. The van der Waals surface area contributed by atoms with Crippen molar-refractivity contribution in [1.82, 2.24) is 0 Å². The van der Waals surface area contributed by atoms with Crippen molar-refractivity contribution in [2.24, 2.45) is 0 Å². The Bertz CT molecular complexity index is 957. The largest absolute Gasteiger partial charge is 0.462 e. The molecule has 0 aromatic carbocycles. The standard InChI is InChI=1S/C47H80O5/c1-3-5-7-9-11-13-15-17-19-21-23-25-27-29-31-33-35-37-39-41-46(49)51-44-45(43-48)52-47(50)42-40-38-36-34-32-30-28-26-24-22-20-18-16-14-12-10-8-6-4-2/h5,7,11,13,17,19,23,25,29,31,35,37,45,48H,3-4,6,8-10,12,14-16,18,20-22,24,26-28,30,32-34,36,38-44H2,1-2H3/b7-5-,13-11-,19-17-,25-23-,31-29-,37-35-/t45-/m0/s1. The second-order valence-corrected chi connectivity index (χ2v) is 14.0.